The lowest BCUT2D eigenvalue weighted by atomic mass is 10.4. The Bertz CT molecular complexity index is 150. The molecule has 1 atom stereocenters. The molecule has 86 valence electrons. The summed E-state index contributed by atoms with van der Waals surface area (Å²) in [5.74, 6) is 0. The van der Waals surface area contributed by atoms with E-state index in [0.717, 1.165) is 0 Å². The minimum absolute atomic E-state index is 0.290. The van der Waals surface area contributed by atoms with Gasteiger partial charge in [-0.15, -0.1) is 13.2 Å². The Balaban J connectivity index is 4.26. The van der Waals surface area contributed by atoms with Gasteiger partial charge in [0.25, 0.3) is 0 Å². The van der Waals surface area contributed by atoms with Crippen LogP contribution in [0, 0.1) is 0 Å². The molecule has 0 heterocycles. The molecule has 0 aliphatic carbocycles. The molecule has 0 N–H and O–H groups in total. The lowest BCUT2D eigenvalue weighted by Gasteiger charge is -2.23. The zero-order chi connectivity index (χ0) is 11.2. The van der Waals surface area contributed by atoms with Crippen LogP contribution < -0.4 is 0 Å². The number of hydrogen-bond donors (Lipinski definition) is 0. The van der Waals surface area contributed by atoms with Crippen molar-refractivity contribution in [1.29, 1.82) is 0 Å². The van der Waals surface area contributed by atoms with E-state index in [1.165, 1.54) is 14.2 Å². The number of halogens is 3. The molecule has 0 aromatic heterocycles. The predicted octanol–water partition coefficient (Wildman–Crippen LogP) is 1.74. The number of ether oxygens (including phenoxy) is 1. The molecule has 0 aliphatic heterocycles. The first-order valence-electron chi connectivity index (χ1n) is 4.24. The van der Waals surface area contributed by atoms with E-state index in [-0.39, 0.29) is 6.42 Å². The molecule has 0 amide bonds. The molecule has 0 saturated heterocycles. The standard InChI is InChI=1S/C7H15F3O3Si/c1-4-5-6(13-7(8,9)10)14(11-2)12-3/h6,14H,4-5H2,1-3H3. The minimum Gasteiger partial charge on any atom is -0.398 e. The topological polar surface area (TPSA) is 27.7 Å². The second-order valence-electron chi connectivity index (χ2n) is 2.73. The quantitative estimate of drug-likeness (QED) is 0.653. The van der Waals surface area contributed by atoms with Crippen molar-refractivity contribution < 1.29 is 26.8 Å². The van der Waals surface area contributed by atoms with E-state index in [4.69, 9.17) is 8.85 Å². The molecule has 0 aromatic carbocycles. The molecule has 0 radical (unpaired) electrons. The van der Waals surface area contributed by atoms with Crippen LogP contribution in [0.3, 0.4) is 0 Å². The molecule has 0 fully saturated rings. The molecule has 14 heavy (non-hydrogen) atoms. The summed E-state index contributed by atoms with van der Waals surface area (Å²) in [5, 5.41) is 0. The highest BCUT2D eigenvalue weighted by Gasteiger charge is 2.38. The van der Waals surface area contributed by atoms with Gasteiger partial charge in [0.15, 0.2) is 0 Å². The van der Waals surface area contributed by atoms with E-state index in [9.17, 15) is 13.2 Å². The van der Waals surface area contributed by atoms with Gasteiger partial charge in [-0.05, 0) is 6.42 Å². The van der Waals surface area contributed by atoms with Crippen molar-refractivity contribution in [3.8, 4) is 0 Å². The first-order chi connectivity index (χ1) is 6.44. The average Bonchev–Trinajstić information content (AvgIpc) is 2.04. The Labute approximate surface area is 83.0 Å². The van der Waals surface area contributed by atoms with E-state index in [1.807, 2.05) is 0 Å². The third-order valence-corrected chi connectivity index (χ3v) is 3.63. The van der Waals surface area contributed by atoms with Gasteiger partial charge >= 0.3 is 15.6 Å². The summed E-state index contributed by atoms with van der Waals surface area (Å²) in [4.78, 5) is 0. The highest BCUT2D eigenvalue weighted by atomic mass is 28.3. The van der Waals surface area contributed by atoms with E-state index in [1.54, 1.807) is 6.92 Å². The van der Waals surface area contributed by atoms with Gasteiger partial charge in [-0.3, -0.25) is 4.74 Å². The summed E-state index contributed by atoms with van der Waals surface area (Å²) >= 11 is 0. The zero-order valence-corrected chi connectivity index (χ0v) is 9.58. The van der Waals surface area contributed by atoms with Gasteiger partial charge in [-0.25, -0.2) is 0 Å². The second-order valence-corrected chi connectivity index (χ2v) is 5.15. The molecule has 0 rings (SSSR count). The van der Waals surface area contributed by atoms with E-state index >= 15 is 0 Å². The Kier molecular flexibility index (Phi) is 6.33. The van der Waals surface area contributed by atoms with Crippen LogP contribution >= 0.6 is 0 Å². The number of hydrogen-bond acceptors (Lipinski definition) is 3. The average molecular weight is 232 g/mol. The highest BCUT2D eigenvalue weighted by Crippen LogP contribution is 2.22. The number of alkyl halides is 3. The van der Waals surface area contributed by atoms with Gasteiger partial charge in [0, 0.05) is 14.2 Å². The van der Waals surface area contributed by atoms with Gasteiger partial charge in [0.05, 0.1) is 0 Å². The first-order valence-corrected chi connectivity index (χ1v) is 5.85. The Morgan fingerprint density at radius 1 is 1.21 bits per heavy atom. The summed E-state index contributed by atoms with van der Waals surface area (Å²) in [5.41, 5.74) is -0.977. The van der Waals surface area contributed by atoms with Crippen LogP contribution in [0.4, 0.5) is 13.2 Å². The molecule has 0 bridgehead atoms. The molecular weight excluding hydrogens is 217 g/mol. The fourth-order valence-electron chi connectivity index (χ4n) is 1.11. The van der Waals surface area contributed by atoms with Gasteiger partial charge in [-0.2, -0.15) is 0 Å². The largest absolute Gasteiger partial charge is 0.522 e. The van der Waals surface area contributed by atoms with Crippen LogP contribution in [-0.2, 0) is 13.6 Å². The highest BCUT2D eigenvalue weighted by molar-refractivity contribution is 6.45. The van der Waals surface area contributed by atoms with Crippen molar-refractivity contribution in [1.82, 2.24) is 0 Å². The Morgan fingerprint density at radius 3 is 2.00 bits per heavy atom. The molecule has 3 nitrogen and oxygen atoms in total. The summed E-state index contributed by atoms with van der Waals surface area (Å²) in [7, 11) is 0.305. The monoisotopic (exact) mass is 232 g/mol. The maximum Gasteiger partial charge on any atom is 0.522 e. The predicted molar refractivity (Wildman–Crippen MR) is 47.0 cm³/mol. The van der Waals surface area contributed by atoms with E-state index in [0.29, 0.717) is 6.42 Å². The van der Waals surface area contributed by atoms with Crippen molar-refractivity contribution in [2.75, 3.05) is 14.2 Å². The van der Waals surface area contributed by atoms with Gasteiger partial charge < -0.3 is 8.85 Å². The summed E-state index contributed by atoms with van der Waals surface area (Å²) in [6.07, 6.45) is -3.74. The number of rotatable bonds is 6. The van der Waals surface area contributed by atoms with Crippen LogP contribution in [0.25, 0.3) is 0 Å². The SMILES string of the molecule is CCCC(OC(F)(F)F)[SiH](OC)OC. The zero-order valence-electron chi connectivity index (χ0n) is 8.43. The molecule has 0 spiro atoms. The van der Waals surface area contributed by atoms with Crippen molar-refractivity contribution in [3.63, 3.8) is 0 Å². The summed E-state index contributed by atoms with van der Waals surface area (Å²) in [6.45, 7) is 1.78. The van der Waals surface area contributed by atoms with Crippen LogP contribution in [0.5, 0.6) is 0 Å². The first kappa shape index (κ1) is 13.9. The smallest absolute Gasteiger partial charge is 0.398 e. The lowest BCUT2D eigenvalue weighted by Crippen LogP contribution is -2.41. The molecule has 7 heteroatoms. The normalized spacial score (nSPS) is 14.8. The van der Waals surface area contributed by atoms with Gasteiger partial charge in [-0.1, -0.05) is 13.3 Å². The van der Waals surface area contributed by atoms with Crippen molar-refractivity contribution in [2.24, 2.45) is 0 Å². The molecule has 0 aromatic rings. The van der Waals surface area contributed by atoms with E-state index in [2.05, 4.69) is 4.74 Å². The van der Waals surface area contributed by atoms with Crippen molar-refractivity contribution in [3.05, 3.63) is 0 Å². The van der Waals surface area contributed by atoms with E-state index < -0.39 is 21.4 Å². The van der Waals surface area contributed by atoms with Crippen LogP contribution in [0.15, 0.2) is 0 Å². The summed E-state index contributed by atoms with van der Waals surface area (Å²) in [6, 6.07) is 0. The van der Waals surface area contributed by atoms with Crippen molar-refractivity contribution >= 4 is 9.28 Å². The molecule has 0 aliphatic rings. The van der Waals surface area contributed by atoms with Crippen LogP contribution in [0.1, 0.15) is 19.8 Å². The van der Waals surface area contributed by atoms with Crippen molar-refractivity contribution in [2.45, 2.75) is 31.9 Å². The fraction of sp³-hybridized carbons (Fsp3) is 1.00. The maximum atomic E-state index is 12.0. The second kappa shape index (κ2) is 6.39. The summed E-state index contributed by atoms with van der Waals surface area (Å²) < 4.78 is 49.5. The minimum atomic E-state index is -4.62. The molecule has 0 saturated carbocycles. The molecular formula is C7H15F3O3Si. The third kappa shape index (κ3) is 5.58. The van der Waals surface area contributed by atoms with Crippen LogP contribution in [0.2, 0.25) is 0 Å². The lowest BCUT2D eigenvalue weighted by molar-refractivity contribution is -0.335. The van der Waals surface area contributed by atoms with Gasteiger partial charge in [0.2, 0.25) is 0 Å². The third-order valence-electron chi connectivity index (χ3n) is 1.63. The van der Waals surface area contributed by atoms with Crippen LogP contribution in [-0.4, -0.2) is 35.6 Å². The maximum absolute atomic E-state index is 12.0. The fourth-order valence-corrected chi connectivity index (χ4v) is 2.78. The Hall–Kier alpha value is -0.113. The van der Waals surface area contributed by atoms with Gasteiger partial charge in [0.1, 0.15) is 5.73 Å². The Morgan fingerprint density at radius 2 is 1.71 bits per heavy atom. The molecule has 1 unspecified atom stereocenters.